The molecule has 8 aromatic rings. The second kappa shape index (κ2) is 20.8. The van der Waals surface area contributed by atoms with Crippen LogP contribution in [0.3, 0.4) is 0 Å². The van der Waals surface area contributed by atoms with Gasteiger partial charge in [0.2, 0.25) is 0 Å². The molecule has 0 heterocycles. The molecule has 0 spiro atoms. The van der Waals surface area contributed by atoms with Crippen molar-refractivity contribution in [1.82, 2.24) is 0 Å². The third-order valence-corrected chi connectivity index (χ3v) is 9.87. The van der Waals surface area contributed by atoms with Crippen LogP contribution in [0.25, 0.3) is 22.3 Å². The lowest BCUT2D eigenvalue weighted by Gasteiger charge is -2.12. The number of aromatic carboxylic acids is 1. The Kier molecular flexibility index (Phi) is 14.9. The number of hydrogen-bond acceptors (Lipinski definition) is 4. The van der Waals surface area contributed by atoms with Crippen molar-refractivity contribution in [2.75, 3.05) is 16.0 Å². The number of hydrogen-bond donors (Lipinski definition) is 4. The van der Waals surface area contributed by atoms with Crippen LogP contribution in [-0.4, -0.2) is 11.1 Å². The van der Waals surface area contributed by atoms with Gasteiger partial charge in [0.05, 0.1) is 11.3 Å². The van der Waals surface area contributed by atoms with Crippen LogP contribution >= 0.6 is 15.9 Å². The highest BCUT2D eigenvalue weighted by Gasteiger charge is 2.13. The van der Waals surface area contributed by atoms with Gasteiger partial charge in [0, 0.05) is 32.9 Å². The van der Waals surface area contributed by atoms with Crippen LogP contribution in [0.15, 0.2) is 180 Å². The molecule has 0 saturated carbocycles. The number of carboxylic acids is 1. The van der Waals surface area contributed by atoms with Crippen LogP contribution in [0.1, 0.15) is 21.5 Å². The molecular weight excluding hydrogens is 861 g/mol. The van der Waals surface area contributed by atoms with Crippen LogP contribution in [-0.2, 0) is 0 Å². The first kappa shape index (κ1) is 44.3. The number of benzene rings is 8. The molecule has 5 nitrogen and oxygen atoms in total. The fraction of sp³-hybridized carbons (Fsp3) is 0.0392. The van der Waals surface area contributed by atoms with Crippen molar-refractivity contribution in [1.29, 1.82) is 0 Å². The van der Waals surface area contributed by atoms with E-state index >= 15 is 0 Å². The molecule has 0 aliphatic rings. The number of anilines is 6. The fourth-order valence-electron chi connectivity index (χ4n) is 6.08. The molecule has 8 rings (SSSR count). The van der Waals surface area contributed by atoms with E-state index in [1.54, 1.807) is 54.6 Å². The van der Waals surface area contributed by atoms with Crippen LogP contribution in [0.2, 0.25) is 0 Å². The van der Waals surface area contributed by atoms with Crippen molar-refractivity contribution in [2.45, 2.75) is 13.8 Å². The Morgan fingerprint density at radius 2 is 0.790 bits per heavy atom. The van der Waals surface area contributed by atoms with Crippen LogP contribution in [0, 0.1) is 42.9 Å². The Labute approximate surface area is 364 Å². The number of halogens is 6. The molecule has 8 aromatic carbocycles. The lowest BCUT2D eigenvalue weighted by Crippen LogP contribution is -2.03. The zero-order valence-corrected chi connectivity index (χ0v) is 35.0. The Bertz CT molecular complexity index is 2780. The van der Waals surface area contributed by atoms with E-state index in [1.807, 2.05) is 56.3 Å². The molecule has 0 aromatic heterocycles. The summed E-state index contributed by atoms with van der Waals surface area (Å²) in [7, 11) is 0. The molecule has 0 unspecified atom stereocenters. The second-order valence-electron chi connectivity index (χ2n) is 14.0. The van der Waals surface area contributed by atoms with E-state index in [0.29, 0.717) is 22.5 Å². The van der Waals surface area contributed by atoms with Gasteiger partial charge < -0.3 is 21.1 Å². The van der Waals surface area contributed by atoms with Gasteiger partial charge >= 0.3 is 5.97 Å². The summed E-state index contributed by atoms with van der Waals surface area (Å²) in [5, 5.41) is 18.8. The van der Waals surface area contributed by atoms with Crippen molar-refractivity contribution in [2.24, 2.45) is 0 Å². The molecule has 0 fully saturated rings. The van der Waals surface area contributed by atoms with E-state index in [-0.39, 0.29) is 34.6 Å². The minimum Gasteiger partial charge on any atom is -0.478 e. The Morgan fingerprint density at radius 3 is 1.23 bits per heavy atom. The van der Waals surface area contributed by atoms with Gasteiger partial charge in [-0.15, -0.1) is 0 Å². The van der Waals surface area contributed by atoms with Crippen molar-refractivity contribution in [3.8, 4) is 22.3 Å². The first-order chi connectivity index (χ1) is 29.8. The number of rotatable bonds is 9. The molecule has 312 valence electrons. The average molecular weight is 901 g/mol. The smallest absolute Gasteiger partial charge is 0.337 e. The van der Waals surface area contributed by atoms with E-state index in [0.717, 1.165) is 49.5 Å². The van der Waals surface area contributed by atoms with Crippen LogP contribution in [0.5, 0.6) is 0 Å². The Morgan fingerprint density at radius 1 is 0.419 bits per heavy atom. The molecule has 0 bridgehead atoms. The van der Waals surface area contributed by atoms with Crippen molar-refractivity contribution in [3.05, 3.63) is 226 Å². The summed E-state index contributed by atoms with van der Waals surface area (Å²) < 4.78 is 66.5. The third-order valence-electron chi connectivity index (χ3n) is 9.37. The maximum atomic E-state index is 13.4. The van der Waals surface area contributed by atoms with E-state index < -0.39 is 5.97 Å². The highest BCUT2D eigenvalue weighted by molar-refractivity contribution is 9.10. The number of aryl methyl sites for hydroxylation is 2. The summed E-state index contributed by atoms with van der Waals surface area (Å²) in [5.41, 5.74) is 9.83. The predicted molar refractivity (Wildman–Crippen MR) is 243 cm³/mol. The predicted octanol–water partition coefficient (Wildman–Crippen LogP) is 15.4. The molecule has 0 aliphatic heterocycles. The van der Waals surface area contributed by atoms with Gasteiger partial charge in [0.1, 0.15) is 29.1 Å². The molecule has 11 heteroatoms. The first-order valence-electron chi connectivity index (χ1n) is 19.1. The summed E-state index contributed by atoms with van der Waals surface area (Å²) in [5.74, 6) is -2.60. The lowest BCUT2D eigenvalue weighted by atomic mass is 10.0. The van der Waals surface area contributed by atoms with E-state index in [9.17, 15) is 31.9 Å². The van der Waals surface area contributed by atoms with Gasteiger partial charge in [0.25, 0.3) is 0 Å². The lowest BCUT2D eigenvalue weighted by molar-refractivity contribution is 0.0698. The summed E-state index contributed by atoms with van der Waals surface area (Å²) in [4.78, 5) is 11.4. The largest absolute Gasteiger partial charge is 0.478 e. The minimum absolute atomic E-state index is 0.0690. The van der Waals surface area contributed by atoms with Gasteiger partial charge in [0.15, 0.2) is 0 Å². The van der Waals surface area contributed by atoms with Gasteiger partial charge in [-0.3, -0.25) is 0 Å². The molecule has 4 N–H and O–H groups in total. The zero-order chi connectivity index (χ0) is 44.2. The van der Waals surface area contributed by atoms with Crippen molar-refractivity contribution in [3.63, 3.8) is 0 Å². The monoisotopic (exact) mass is 899 g/mol. The average Bonchev–Trinajstić information content (AvgIpc) is 3.26. The molecule has 0 amide bonds. The standard InChI is InChI=1S/C19H13F2NO2.C19H15F2N.C13H11BrFN/c20-14-5-7-16(8-6-14)22-18-11-13(4-9-17(18)19(23)24)12-2-1-3-15(21)10-12;1-13-5-6-15(14-3-2-4-17(21)11-14)12-19(13)22-18-9-7-16(20)8-10-18;1-9-2-3-10(14)8-13(9)16-12-6-4-11(15)5-7-12/h1-11,22H,(H,23,24);2-12,22H,1H3;2-8,16H,1H3. The summed E-state index contributed by atoms with van der Waals surface area (Å²) in [6.07, 6.45) is 0. The summed E-state index contributed by atoms with van der Waals surface area (Å²) in [6.45, 7) is 4.01. The quantitative estimate of drug-likeness (QED) is 0.109. The highest BCUT2D eigenvalue weighted by atomic mass is 79.9. The third kappa shape index (κ3) is 12.6. The molecule has 0 saturated heterocycles. The Hall–Kier alpha value is -7.24. The van der Waals surface area contributed by atoms with Crippen molar-refractivity contribution >= 4 is 56.0 Å². The number of carboxylic acid groups (broad SMARTS) is 1. The minimum atomic E-state index is -1.09. The van der Waals surface area contributed by atoms with E-state index in [1.165, 1.54) is 78.9 Å². The molecule has 0 atom stereocenters. The molecule has 0 aliphatic carbocycles. The SMILES string of the molecule is Cc1ccc(-c2cccc(F)c2)cc1Nc1ccc(F)cc1.Cc1ccc(Br)cc1Nc1ccc(F)cc1.O=C(O)c1ccc(-c2cccc(F)c2)cc1Nc1ccc(F)cc1. The van der Waals surface area contributed by atoms with E-state index in [4.69, 9.17) is 0 Å². The first-order valence-corrected chi connectivity index (χ1v) is 19.9. The Balaban J connectivity index is 0.000000158. The second-order valence-corrected chi connectivity index (χ2v) is 14.9. The normalized spacial score (nSPS) is 10.4. The summed E-state index contributed by atoms with van der Waals surface area (Å²) in [6, 6.07) is 47.2. The van der Waals surface area contributed by atoms with Gasteiger partial charge in [-0.1, -0.05) is 64.5 Å². The van der Waals surface area contributed by atoms with Gasteiger partial charge in [-0.05, 0) is 175 Å². The highest BCUT2D eigenvalue weighted by Crippen LogP contribution is 2.31. The number of nitrogens with one attached hydrogen (secondary N) is 3. The van der Waals surface area contributed by atoms with E-state index in [2.05, 4.69) is 31.9 Å². The number of carbonyl (C=O) groups is 1. The fourth-order valence-corrected chi connectivity index (χ4v) is 6.44. The topological polar surface area (TPSA) is 73.4 Å². The maximum absolute atomic E-state index is 13.4. The molecule has 62 heavy (non-hydrogen) atoms. The van der Waals surface area contributed by atoms with Crippen molar-refractivity contribution < 1.29 is 31.9 Å². The van der Waals surface area contributed by atoms with Crippen LogP contribution in [0.4, 0.5) is 56.1 Å². The zero-order valence-electron chi connectivity index (χ0n) is 33.4. The molecular formula is C51H39BrF5N3O2. The van der Waals surface area contributed by atoms with Crippen LogP contribution < -0.4 is 16.0 Å². The van der Waals surface area contributed by atoms with Gasteiger partial charge in [-0.25, -0.2) is 26.7 Å². The van der Waals surface area contributed by atoms with Gasteiger partial charge in [-0.2, -0.15) is 0 Å². The maximum Gasteiger partial charge on any atom is 0.337 e. The molecule has 0 radical (unpaired) electrons. The summed E-state index contributed by atoms with van der Waals surface area (Å²) >= 11 is 3.42.